The van der Waals surface area contributed by atoms with Crippen LogP contribution in [0.3, 0.4) is 0 Å². The van der Waals surface area contributed by atoms with E-state index in [1.54, 1.807) is 41.5 Å². The molecular weight excluding hydrogens is 306 g/mol. The van der Waals surface area contributed by atoms with Gasteiger partial charge >= 0.3 is 17.8 Å². The molecule has 0 bridgehead atoms. The Labute approximate surface area is 135 Å². The lowest BCUT2D eigenvalue weighted by Gasteiger charge is -2.39. The summed E-state index contributed by atoms with van der Waals surface area (Å²) >= 11 is 0. The average molecular weight is 331 g/mol. The first-order valence-electron chi connectivity index (χ1n) is 7.08. The first-order valence-corrected chi connectivity index (χ1v) is 7.08. The number of carbonyl (C=O) groups excluding carboxylic acids is 3. The number of aliphatic carboxylic acids is 1. The van der Waals surface area contributed by atoms with Crippen LogP contribution in [-0.4, -0.2) is 51.0 Å². The summed E-state index contributed by atoms with van der Waals surface area (Å²) in [6, 6.07) is 0. The number of amides is 1. The predicted molar refractivity (Wildman–Crippen MR) is 80.3 cm³/mol. The predicted octanol–water partition coefficient (Wildman–Crippen LogP) is 1.32. The number of carboxylic acid groups (broad SMARTS) is 1. The number of esters is 1. The van der Waals surface area contributed by atoms with Crippen LogP contribution in [0.25, 0.3) is 0 Å². The summed E-state index contributed by atoms with van der Waals surface area (Å²) in [4.78, 5) is 52.1. The van der Waals surface area contributed by atoms with Crippen LogP contribution < -0.4 is 0 Å². The Balaban J connectivity index is 5.78. The number of hydroxylamine groups is 2. The van der Waals surface area contributed by atoms with Crippen molar-refractivity contribution in [2.45, 2.75) is 71.6 Å². The first kappa shape index (κ1) is 21.0. The molecule has 132 valence electrons. The Hall–Kier alpha value is -1.96. The van der Waals surface area contributed by atoms with Gasteiger partial charge in [-0.25, -0.2) is 9.59 Å². The van der Waals surface area contributed by atoms with Gasteiger partial charge < -0.3 is 14.6 Å². The highest BCUT2D eigenvalue weighted by atomic mass is 16.7. The zero-order valence-electron chi connectivity index (χ0n) is 14.6. The van der Waals surface area contributed by atoms with Crippen LogP contribution in [0.4, 0.5) is 0 Å². The van der Waals surface area contributed by atoms with Crippen LogP contribution in [0.2, 0.25) is 0 Å². The Bertz CT molecular complexity index is 487. The first-order chi connectivity index (χ1) is 10.1. The molecule has 1 atom stereocenters. The molecule has 1 N–H and O–H groups in total. The Morgan fingerprint density at radius 3 is 1.78 bits per heavy atom. The largest absolute Gasteiger partial charge is 0.479 e. The fraction of sp³-hybridized carbons (Fsp3) is 0.733. The van der Waals surface area contributed by atoms with Crippen LogP contribution in [0.1, 0.15) is 54.9 Å². The molecule has 0 aliphatic heterocycles. The molecule has 1 unspecified atom stereocenters. The third-order valence-corrected chi connectivity index (χ3v) is 2.51. The molecule has 23 heavy (non-hydrogen) atoms. The molecule has 8 nitrogen and oxygen atoms in total. The Kier molecular flexibility index (Phi) is 6.47. The molecule has 8 heteroatoms. The quantitative estimate of drug-likeness (QED) is 0.350. The van der Waals surface area contributed by atoms with Crippen molar-refractivity contribution in [3.63, 3.8) is 0 Å². The molecule has 0 rings (SSSR count). The number of aldehydes is 1. The van der Waals surface area contributed by atoms with Crippen LogP contribution in [-0.2, 0) is 28.8 Å². The topological polar surface area (TPSA) is 110 Å². The molecule has 0 radical (unpaired) electrons. The third-order valence-electron chi connectivity index (χ3n) is 2.51. The van der Waals surface area contributed by atoms with E-state index in [9.17, 15) is 24.3 Å². The monoisotopic (exact) mass is 331 g/mol. The maximum Gasteiger partial charge on any atom is 0.399 e. The van der Waals surface area contributed by atoms with Crippen molar-refractivity contribution >= 4 is 24.1 Å². The minimum atomic E-state index is -2.04. The summed E-state index contributed by atoms with van der Waals surface area (Å²) < 4.78 is 4.96. The maximum absolute atomic E-state index is 12.4. The van der Waals surface area contributed by atoms with E-state index in [0.29, 0.717) is 11.3 Å². The van der Waals surface area contributed by atoms with Crippen molar-refractivity contribution in [1.29, 1.82) is 0 Å². The minimum absolute atomic E-state index is 0.343. The van der Waals surface area contributed by atoms with E-state index in [2.05, 4.69) is 0 Å². The van der Waals surface area contributed by atoms with Gasteiger partial charge in [-0.05, 0) is 48.5 Å². The SMILES string of the molecule is CC(C)(C)OC(=O)C(=O)N(OC(C)(C)C)C(C)(CC=O)C(=O)O. The van der Waals surface area contributed by atoms with Crippen molar-refractivity contribution < 1.29 is 33.9 Å². The summed E-state index contributed by atoms with van der Waals surface area (Å²) in [7, 11) is 0. The summed E-state index contributed by atoms with van der Waals surface area (Å²) in [6.45, 7) is 10.5. The molecule has 0 aromatic rings. The normalized spacial score (nSPS) is 14.6. The van der Waals surface area contributed by atoms with Gasteiger partial charge in [0.2, 0.25) is 0 Å². The van der Waals surface area contributed by atoms with Gasteiger partial charge in [0, 0.05) is 6.42 Å². The lowest BCUT2D eigenvalue weighted by Crippen LogP contribution is -2.59. The molecule has 0 aliphatic rings. The fourth-order valence-electron chi connectivity index (χ4n) is 1.46. The zero-order chi connectivity index (χ0) is 18.6. The van der Waals surface area contributed by atoms with E-state index >= 15 is 0 Å². The van der Waals surface area contributed by atoms with Gasteiger partial charge in [-0.15, -0.1) is 0 Å². The molecular formula is C15H25NO7. The summed E-state index contributed by atoms with van der Waals surface area (Å²) in [6.07, 6.45) is -0.206. The van der Waals surface area contributed by atoms with Gasteiger partial charge in [-0.2, -0.15) is 5.06 Å². The van der Waals surface area contributed by atoms with Gasteiger partial charge in [-0.3, -0.25) is 9.63 Å². The van der Waals surface area contributed by atoms with Gasteiger partial charge in [0.25, 0.3) is 0 Å². The van der Waals surface area contributed by atoms with Gasteiger partial charge in [0.15, 0.2) is 5.54 Å². The van der Waals surface area contributed by atoms with E-state index < -0.39 is 41.0 Å². The number of nitrogens with zero attached hydrogens (tertiary/aromatic N) is 1. The number of hydrogen-bond donors (Lipinski definition) is 1. The summed E-state index contributed by atoms with van der Waals surface area (Å²) in [5, 5.41) is 9.82. The lowest BCUT2D eigenvalue weighted by atomic mass is 9.98. The summed E-state index contributed by atoms with van der Waals surface area (Å²) in [5.41, 5.74) is -3.95. The summed E-state index contributed by atoms with van der Waals surface area (Å²) in [5.74, 6) is -4.03. The van der Waals surface area contributed by atoms with Crippen molar-refractivity contribution in [3.8, 4) is 0 Å². The second kappa shape index (κ2) is 7.08. The van der Waals surface area contributed by atoms with Crippen molar-refractivity contribution in [2.75, 3.05) is 0 Å². The second-order valence-corrected chi connectivity index (χ2v) is 7.25. The van der Waals surface area contributed by atoms with Crippen LogP contribution >= 0.6 is 0 Å². The molecule has 0 saturated heterocycles. The highest BCUT2D eigenvalue weighted by Crippen LogP contribution is 2.25. The van der Waals surface area contributed by atoms with E-state index in [-0.39, 0.29) is 0 Å². The molecule has 0 heterocycles. The molecule has 0 aromatic carbocycles. The molecule has 0 aromatic heterocycles. The third kappa shape index (κ3) is 6.35. The fourth-order valence-corrected chi connectivity index (χ4v) is 1.46. The smallest absolute Gasteiger partial charge is 0.399 e. The second-order valence-electron chi connectivity index (χ2n) is 7.25. The molecule has 0 spiro atoms. The number of rotatable bonds is 5. The lowest BCUT2D eigenvalue weighted by molar-refractivity contribution is -0.263. The number of ether oxygens (including phenoxy) is 1. The highest BCUT2D eigenvalue weighted by molar-refractivity contribution is 6.32. The van der Waals surface area contributed by atoms with Gasteiger partial charge in [0.1, 0.15) is 11.9 Å². The van der Waals surface area contributed by atoms with Crippen molar-refractivity contribution in [3.05, 3.63) is 0 Å². The molecule has 1 amide bonds. The van der Waals surface area contributed by atoms with Crippen LogP contribution in [0, 0.1) is 0 Å². The molecule has 0 aliphatic carbocycles. The van der Waals surface area contributed by atoms with Crippen LogP contribution in [0.5, 0.6) is 0 Å². The number of carboxylic acids is 1. The van der Waals surface area contributed by atoms with E-state index in [4.69, 9.17) is 9.57 Å². The maximum atomic E-state index is 12.4. The zero-order valence-corrected chi connectivity index (χ0v) is 14.6. The van der Waals surface area contributed by atoms with Gasteiger partial charge in [0.05, 0.1) is 5.60 Å². The Morgan fingerprint density at radius 2 is 1.48 bits per heavy atom. The standard InChI is InChI=1S/C15H25NO7/c1-13(2,3)22-11(19)10(18)16(23-14(4,5)6)15(7,8-9-17)12(20)21/h9H,8H2,1-7H3,(H,20,21). The number of carbonyl (C=O) groups is 4. The van der Waals surface area contributed by atoms with E-state index in [0.717, 1.165) is 6.92 Å². The van der Waals surface area contributed by atoms with Crippen LogP contribution in [0.15, 0.2) is 0 Å². The minimum Gasteiger partial charge on any atom is -0.479 e. The molecule has 0 fully saturated rings. The van der Waals surface area contributed by atoms with Crippen molar-refractivity contribution in [2.24, 2.45) is 0 Å². The average Bonchev–Trinajstić information content (AvgIpc) is 2.31. The Morgan fingerprint density at radius 1 is 1.00 bits per heavy atom. The highest BCUT2D eigenvalue weighted by Gasteiger charge is 2.48. The van der Waals surface area contributed by atoms with Gasteiger partial charge in [-0.1, -0.05) is 0 Å². The van der Waals surface area contributed by atoms with E-state index in [1.165, 1.54) is 0 Å². The number of hydrogen-bond acceptors (Lipinski definition) is 6. The van der Waals surface area contributed by atoms with Crippen molar-refractivity contribution in [1.82, 2.24) is 5.06 Å². The van der Waals surface area contributed by atoms with E-state index in [1.807, 2.05) is 0 Å². The molecule has 0 saturated carbocycles.